The quantitative estimate of drug-likeness (QED) is 0.925. The Bertz CT molecular complexity index is 498. The van der Waals surface area contributed by atoms with E-state index in [-0.39, 0.29) is 5.91 Å². The number of amides is 1. The van der Waals surface area contributed by atoms with Crippen LogP contribution >= 0.6 is 15.9 Å². The first kappa shape index (κ1) is 14.1. The highest BCUT2D eigenvalue weighted by atomic mass is 79.9. The number of aromatic nitrogens is 1. The zero-order chi connectivity index (χ0) is 14.0. The number of carboxylic acid groups (broad SMARTS) is 1. The fourth-order valence-electron chi connectivity index (χ4n) is 2.44. The second-order valence-corrected chi connectivity index (χ2v) is 5.67. The third-order valence-electron chi connectivity index (χ3n) is 3.48. The van der Waals surface area contributed by atoms with Crippen molar-refractivity contribution in [1.29, 1.82) is 0 Å². The molecule has 19 heavy (non-hydrogen) atoms. The standard InChI is InChI=1S/C13H17BrN2O3/c1-2-15-8-10(14)6-11(15)12(17)16-5-3-4-9(7-16)13(18)19/h6,8-9H,2-5,7H2,1H3,(H,18,19). The molecular weight excluding hydrogens is 312 g/mol. The van der Waals surface area contributed by atoms with Gasteiger partial charge in [-0.05, 0) is 41.8 Å². The van der Waals surface area contributed by atoms with Crippen molar-refractivity contribution in [2.75, 3.05) is 13.1 Å². The zero-order valence-electron chi connectivity index (χ0n) is 10.8. The number of hydrogen-bond donors (Lipinski definition) is 1. The fourth-order valence-corrected chi connectivity index (χ4v) is 2.90. The number of nitrogens with zero attached hydrogens (tertiary/aromatic N) is 2. The van der Waals surface area contributed by atoms with Crippen LogP contribution in [0.4, 0.5) is 0 Å². The molecule has 1 aliphatic heterocycles. The summed E-state index contributed by atoms with van der Waals surface area (Å²) in [5.74, 6) is -1.34. The predicted molar refractivity (Wildman–Crippen MR) is 74.1 cm³/mol. The third-order valence-corrected chi connectivity index (χ3v) is 3.91. The monoisotopic (exact) mass is 328 g/mol. The molecule has 1 amide bonds. The van der Waals surface area contributed by atoms with E-state index in [1.165, 1.54) is 0 Å². The maximum atomic E-state index is 12.5. The number of halogens is 1. The molecule has 2 rings (SSSR count). The molecule has 5 nitrogen and oxygen atoms in total. The summed E-state index contributed by atoms with van der Waals surface area (Å²) in [5.41, 5.74) is 0.611. The van der Waals surface area contributed by atoms with E-state index in [0.717, 1.165) is 10.9 Å². The second-order valence-electron chi connectivity index (χ2n) is 4.76. The topological polar surface area (TPSA) is 62.5 Å². The highest BCUT2D eigenvalue weighted by molar-refractivity contribution is 9.10. The van der Waals surface area contributed by atoms with Gasteiger partial charge in [0, 0.05) is 30.3 Å². The Labute approximate surface area is 120 Å². The van der Waals surface area contributed by atoms with Crippen LogP contribution in [0, 0.1) is 5.92 Å². The van der Waals surface area contributed by atoms with E-state index in [9.17, 15) is 9.59 Å². The second kappa shape index (κ2) is 5.77. The Hall–Kier alpha value is -1.30. The van der Waals surface area contributed by atoms with Crippen molar-refractivity contribution in [3.63, 3.8) is 0 Å². The van der Waals surface area contributed by atoms with Gasteiger partial charge in [0.2, 0.25) is 0 Å². The largest absolute Gasteiger partial charge is 0.481 e. The molecule has 1 N–H and O–H groups in total. The zero-order valence-corrected chi connectivity index (χ0v) is 12.4. The number of carbonyl (C=O) groups excluding carboxylic acids is 1. The van der Waals surface area contributed by atoms with E-state index in [4.69, 9.17) is 5.11 Å². The minimum Gasteiger partial charge on any atom is -0.481 e. The average molecular weight is 329 g/mol. The summed E-state index contributed by atoms with van der Waals surface area (Å²) in [5, 5.41) is 9.06. The smallest absolute Gasteiger partial charge is 0.308 e. The molecule has 0 saturated carbocycles. The lowest BCUT2D eigenvalue weighted by atomic mass is 9.98. The van der Waals surface area contributed by atoms with Crippen LogP contribution in [0.15, 0.2) is 16.7 Å². The summed E-state index contributed by atoms with van der Waals surface area (Å²) in [4.78, 5) is 25.1. The first-order chi connectivity index (χ1) is 9.02. The maximum absolute atomic E-state index is 12.5. The van der Waals surface area contributed by atoms with Crippen LogP contribution in [-0.2, 0) is 11.3 Å². The fraction of sp³-hybridized carbons (Fsp3) is 0.538. The lowest BCUT2D eigenvalue weighted by molar-refractivity contribution is -0.143. The summed E-state index contributed by atoms with van der Waals surface area (Å²) in [6, 6.07) is 1.79. The number of likely N-dealkylation sites (tertiary alicyclic amines) is 1. The predicted octanol–water partition coefficient (Wildman–Crippen LogP) is 2.21. The Morgan fingerprint density at radius 1 is 1.53 bits per heavy atom. The minimum atomic E-state index is -0.815. The van der Waals surface area contributed by atoms with Gasteiger partial charge in [-0.15, -0.1) is 0 Å². The molecule has 2 heterocycles. The number of aryl methyl sites for hydroxylation is 1. The van der Waals surface area contributed by atoms with Gasteiger partial charge in [0.25, 0.3) is 5.91 Å². The van der Waals surface area contributed by atoms with Crippen LogP contribution in [0.3, 0.4) is 0 Å². The van der Waals surface area contributed by atoms with Crippen LogP contribution in [0.5, 0.6) is 0 Å². The van der Waals surface area contributed by atoms with Crippen LogP contribution < -0.4 is 0 Å². The van der Waals surface area contributed by atoms with Crippen LogP contribution in [0.2, 0.25) is 0 Å². The van der Waals surface area contributed by atoms with Gasteiger partial charge >= 0.3 is 5.97 Å². The highest BCUT2D eigenvalue weighted by Gasteiger charge is 2.29. The van der Waals surface area contributed by atoms with Gasteiger partial charge in [0.05, 0.1) is 5.92 Å². The molecule has 0 radical (unpaired) electrons. The molecule has 1 saturated heterocycles. The first-order valence-corrected chi connectivity index (χ1v) is 7.20. The van der Waals surface area contributed by atoms with Crippen molar-refractivity contribution in [3.8, 4) is 0 Å². The number of carbonyl (C=O) groups is 2. The average Bonchev–Trinajstić information content (AvgIpc) is 2.79. The molecule has 0 bridgehead atoms. The summed E-state index contributed by atoms with van der Waals surface area (Å²) >= 11 is 3.37. The van der Waals surface area contributed by atoms with Crippen LogP contribution in [0.1, 0.15) is 30.3 Å². The highest BCUT2D eigenvalue weighted by Crippen LogP contribution is 2.21. The Balaban J connectivity index is 2.16. The summed E-state index contributed by atoms with van der Waals surface area (Å²) < 4.78 is 2.74. The van der Waals surface area contributed by atoms with Crippen molar-refractivity contribution in [2.24, 2.45) is 5.92 Å². The number of hydrogen-bond acceptors (Lipinski definition) is 2. The van der Waals surface area contributed by atoms with Crippen molar-refractivity contribution in [3.05, 3.63) is 22.4 Å². The van der Waals surface area contributed by atoms with Gasteiger partial charge in [0.15, 0.2) is 0 Å². The Kier molecular flexibility index (Phi) is 4.29. The van der Waals surface area contributed by atoms with Gasteiger partial charge in [-0.3, -0.25) is 9.59 Å². The van der Waals surface area contributed by atoms with E-state index in [1.54, 1.807) is 11.0 Å². The summed E-state index contributed by atoms with van der Waals surface area (Å²) in [7, 11) is 0. The van der Waals surface area contributed by atoms with Gasteiger partial charge < -0.3 is 14.6 Å². The molecule has 0 spiro atoms. The Morgan fingerprint density at radius 3 is 2.89 bits per heavy atom. The van der Waals surface area contributed by atoms with Crippen molar-refractivity contribution in [2.45, 2.75) is 26.3 Å². The van der Waals surface area contributed by atoms with E-state index in [0.29, 0.717) is 31.7 Å². The van der Waals surface area contributed by atoms with Crippen LogP contribution in [-0.4, -0.2) is 39.5 Å². The molecule has 1 atom stereocenters. The third kappa shape index (κ3) is 3.00. The molecule has 1 unspecified atom stereocenters. The van der Waals surface area contributed by atoms with Crippen molar-refractivity contribution in [1.82, 2.24) is 9.47 Å². The van der Waals surface area contributed by atoms with Gasteiger partial charge in [0.1, 0.15) is 5.69 Å². The van der Waals surface area contributed by atoms with E-state index < -0.39 is 11.9 Å². The number of piperidine rings is 1. The van der Waals surface area contributed by atoms with Crippen LogP contribution in [0.25, 0.3) is 0 Å². The first-order valence-electron chi connectivity index (χ1n) is 6.40. The normalized spacial score (nSPS) is 19.5. The molecule has 1 aromatic heterocycles. The lowest BCUT2D eigenvalue weighted by Crippen LogP contribution is -2.42. The Morgan fingerprint density at radius 2 is 2.26 bits per heavy atom. The molecular formula is C13H17BrN2O3. The molecule has 6 heteroatoms. The maximum Gasteiger partial charge on any atom is 0.308 e. The number of carboxylic acids is 1. The lowest BCUT2D eigenvalue weighted by Gasteiger charge is -2.30. The molecule has 1 aromatic rings. The summed E-state index contributed by atoms with van der Waals surface area (Å²) in [6.45, 7) is 3.62. The number of aliphatic carboxylic acids is 1. The van der Waals surface area contributed by atoms with Gasteiger partial charge in [-0.2, -0.15) is 0 Å². The molecule has 0 aromatic carbocycles. The van der Waals surface area contributed by atoms with E-state index in [1.807, 2.05) is 17.7 Å². The number of rotatable bonds is 3. The van der Waals surface area contributed by atoms with Gasteiger partial charge in [-0.25, -0.2) is 0 Å². The SMILES string of the molecule is CCn1cc(Br)cc1C(=O)N1CCCC(C(=O)O)C1. The molecule has 1 aliphatic rings. The van der Waals surface area contributed by atoms with E-state index >= 15 is 0 Å². The van der Waals surface area contributed by atoms with Crippen molar-refractivity contribution >= 4 is 27.8 Å². The summed E-state index contributed by atoms with van der Waals surface area (Å²) in [6.07, 6.45) is 3.26. The molecule has 0 aliphatic carbocycles. The van der Waals surface area contributed by atoms with E-state index in [2.05, 4.69) is 15.9 Å². The molecule has 104 valence electrons. The minimum absolute atomic E-state index is 0.0847. The van der Waals surface area contributed by atoms with Gasteiger partial charge in [-0.1, -0.05) is 0 Å². The molecule has 1 fully saturated rings. The van der Waals surface area contributed by atoms with Crippen molar-refractivity contribution < 1.29 is 14.7 Å².